The number of nitrogens with one attached hydrogen (secondary N) is 1. The molecule has 2 rings (SSSR count). The summed E-state index contributed by atoms with van der Waals surface area (Å²) in [6.45, 7) is 2.92. The van der Waals surface area contributed by atoms with E-state index in [2.05, 4.69) is 19.2 Å². The van der Waals surface area contributed by atoms with Crippen molar-refractivity contribution in [3.8, 4) is 0 Å². The minimum absolute atomic E-state index is 0.197. The summed E-state index contributed by atoms with van der Waals surface area (Å²) in [6, 6.07) is -0.823. The number of amides is 1. The third-order valence-corrected chi connectivity index (χ3v) is 18.1. The van der Waals surface area contributed by atoms with Gasteiger partial charge in [-0.05, 0) is 12.8 Å². The van der Waals surface area contributed by atoms with Crippen molar-refractivity contribution in [1.82, 2.24) is 5.32 Å². The zero-order valence-corrected chi connectivity index (χ0v) is 53.7. The van der Waals surface area contributed by atoms with E-state index in [0.29, 0.717) is 12.8 Å². The van der Waals surface area contributed by atoms with Crippen LogP contribution in [0.25, 0.3) is 0 Å². The van der Waals surface area contributed by atoms with Crippen molar-refractivity contribution in [2.75, 3.05) is 19.8 Å². The summed E-state index contributed by atoms with van der Waals surface area (Å²) in [4.78, 5) is 13.3. The van der Waals surface area contributed by atoms with Crippen molar-refractivity contribution in [1.29, 1.82) is 0 Å². The maximum Gasteiger partial charge on any atom is 0.220 e. The third kappa shape index (κ3) is 39.6. The lowest BCUT2D eigenvalue weighted by Crippen LogP contribution is -2.65. The van der Waals surface area contributed by atoms with Gasteiger partial charge in [-0.1, -0.05) is 322 Å². The zero-order valence-electron chi connectivity index (χ0n) is 53.7. The highest BCUT2D eigenvalue weighted by atomic mass is 16.7. The lowest BCUT2D eigenvalue weighted by molar-refractivity contribution is -0.359. The molecule has 2 aliphatic rings. The van der Waals surface area contributed by atoms with E-state index in [1.807, 2.05) is 0 Å². The minimum atomic E-state index is -1.78. The summed E-state index contributed by atoms with van der Waals surface area (Å²) in [7, 11) is 0. The van der Waals surface area contributed by atoms with Crippen molar-refractivity contribution in [2.24, 2.45) is 0 Å². The summed E-state index contributed by atoms with van der Waals surface area (Å²) in [5.74, 6) is -0.197. The van der Waals surface area contributed by atoms with Crippen molar-refractivity contribution in [3.63, 3.8) is 0 Å². The molecular weight excluding hydrogens is 1050 g/mol. The molecule has 12 unspecified atom stereocenters. The molecule has 2 fully saturated rings. The molecule has 14 heteroatoms. The molecule has 0 spiro atoms. The molecule has 2 saturated heterocycles. The fourth-order valence-corrected chi connectivity index (χ4v) is 12.4. The number of aliphatic hydroxyl groups excluding tert-OH is 8. The highest BCUT2D eigenvalue weighted by molar-refractivity contribution is 5.76. The summed E-state index contributed by atoms with van der Waals surface area (Å²) in [5.41, 5.74) is 0. The molecule has 2 heterocycles. The number of hydrogen-bond donors (Lipinski definition) is 9. The summed E-state index contributed by atoms with van der Waals surface area (Å²) < 4.78 is 22.9. The van der Waals surface area contributed by atoms with E-state index in [9.17, 15) is 45.6 Å². The van der Waals surface area contributed by atoms with E-state index in [1.54, 1.807) is 0 Å². The van der Waals surface area contributed by atoms with Crippen LogP contribution in [0.5, 0.6) is 0 Å². The summed E-state index contributed by atoms with van der Waals surface area (Å²) in [6.07, 6.45) is 48.5. The Labute approximate surface area is 508 Å². The molecule has 0 aromatic heterocycles. The number of unbranched alkanes of at least 4 members (excludes halogenated alkanes) is 47. The number of ether oxygens (including phenoxy) is 4. The predicted octanol–water partition coefficient (Wildman–Crippen LogP) is 14.4. The molecule has 1 amide bonds. The number of hydrogen-bond acceptors (Lipinski definition) is 13. The van der Waals surface area contributed by atoms with Crippen LogP contribution in [0, 0.1) is 0 Å². The maximum atomic E-state index is 13.3. The Kier molecular flexibility index (Phi) is 51.8. The lowest BCUT2D eigenvalue weighted by Gasteiger charge is -2.46. The topological polar surface area (TPSA) is 228 Å². The molecule has 2 aliphatic heterocycles. The maximum absolute atomic E-state index is 13.3. The second kappa shape index (κ2) is 55.1. The standard InChI is InChI=1S/C69H135NO13/c1-3-5-7-9-11-13-15-17-19-21-22-23-24-25-26-27-28-29-30-31-32-33-34-35-36-37-39-41-43-45-47-49-51-53-61(74)70-57(58(73)52-50-48-46-44-42-40-38-20-18-16-14-12-10-8-6-4-2)56-80-68-66(79)64(77)67(60(55-72)82-68)83-69-65(78)63(76)62(75)59(54-71)81-69/h57-60,62-69,71-73,75-79H,3-56H2,1-2H3,(H,70,74). The van der Waals surface area contributed by atoms with E-state index in [0.717, 1.165) is 51.4 Å². The van der Waals surface area contributed by atoms with Gasteiger partial charge >= 0.3 is 0 Å². The second-order valence-electron chi connectivity index (χ2n) is 25.7. The largest absolute Gasteiger partial charge is 0.394 e. The molecular formula is C69H135NO13. The van der Waals surface area contributed by atoms with Crippen LogP contribution in [0.15, 0.2) is 0 Å². The van der Waals surface area contributed by atoms with Gasteiger partial charge in [-0.15, -0.1) is 0 Å². The van der Waals surface area contributed by atoms with Gasteiger partial charge in [-0.3, -0.25) is 4.79 Å². The van der Waals surface area contributed by atoms with Gasteiger partial charge in [0.1, 0.15) is 48.8 Å². The molecule has 0 aromatic rings. The van der Waals surface area contributed by atoms with Crippen LogP contribution in [0.3, 0.4) is 0 Å². The quantitative estimate of drug-likeness (QED) is 0.0259. The average Bonchev–Trinajstić information content (AvgIpc) is 3.63. The van der Waals surface area contributed by atoms with Crippen LogP contribution < -0.4 is 5.32 Å². The number of aliphatic hydroxyl groups is 8. The first kappa shape index (κ1) is 78.1. The number of carbonyl (C=O) groups is 1. The molecule has 9 N–H and O–H groups in total. The van der Waals surface area contributed by atoms with Crippen LogP contribution in [0.1, 0.15) is 341 Å². The van der Waals surface area contributed by atoms with E-state index in [4.69, 9.17) is 18.9 Å². The molecule has 0 bridgehead atoms. The normalized spacial score (nSPS) is 23.7. The number of rotatable bonds is 60. The van der Waals surface area contributed by atoms with Crippen molar-refractivity contribution < 1.29 is 64.6 Å². The lowest BCUT2D eigenvalue weighted by atomic mass is 9.97. The van der Waals surface area contributed by atoms with Crippen LogP contribution in [0.2, 0.25) is 0 Å². The monoisotopic (exact) mass is 1190 g/mol. The molecule has 83 heavy (non-hydrogen) atoms. The third-order valence-electron chi connectivity index (χ3n) is 18.1. The fraction of sp³-hybridized carbons (Fsp3) is 0.986. The molecule has 12 atom stereocenters. The van der Waals surface area contributed by atoms with Gasteiger partial charge in [0.15, 0.2) is 12.6 Å². The van der Waals surface area contributed by atoms with Crippen LogP contribution >= 0.6 is 0 Å². The molecule has 494 valence electrons. The molecule has 14 nitrogen and oxygen atoms in total. The van der Waals surface area contributed by atoms with Crippen molar-refractivity contribution in [3.05, 3.63) is 0 Å². The first-order valence-corrected chi connectivity index (χ1v) is 35.8. The van der Waals surface area contributed by atoms with E-state index in [-0.39, 0.29) is 12.5 Å². The smallest absolute Gasteiger partial charge is 0.220 e. The first-order chi connectivity index (χ1) is 40.6. The van der Waals surface area contributed by atoms with Gasteiger partial charge in [0, 0.05) is 6.42 Å². The van der Waals surface area contributed by atoms with Crippen LogP contribution in [0.4, 0.5) is 0 Å². The Hall–Kier alpha value is -1.01. The van der Waals surface area contributed by atoms with Crippen LogP contribution in [-0.4, -0.2) is 140 Å². The predicted molar refractivity (Wildman–Crippen MR) is 337 cm³/mol. The molecule has 0 saturated carbocycles. The minimum Gasteiger partial charge on any atom is -0.394 e. The average molecular weight is 1190 g/mol. The van der Waals surface area contributed by atoms with Gasteiger partial charge < -0.3 is 65.1 Å². The first-order valence-electron chi connectivity index (χ1n) is 35.8. The Balaban J connectivity index is 1.60. The van der Waals surface area contributed by atoms with Gasteiger partial charge in [0.05, 0.1) is 32.0 Å². The highest BCUT2D eigenvalue weighted by Gasteiger charge is 2.51. The van der Waals surface area contributed by atoms with Gasteiger partial charge in [0.25, 0.3) is 0 Å². The SMILES string of the molecule is CCCCCCCCCCCCCCCCCCCCCCCCCCCCCCCCCCCC(=O)NC(COC1OC(CO)C(OC2OC(CO)C(O)C(O)C2O)C(O)C1O)C(O)CCCCCCCCCCCCCCCCCC. The van der Waals surface area contributed by atoms with Gasteiger partial charge in [-0.25, -0.2) is 0 Å². The summed E-state index contributed by atoms with van der Waals surface area (Å²) >= 11 is 0. The Morgan fingerprint density at radius 3 is 1.02 bits per heavy atom. The van der Waals surface area contributed by atoms with Gasteiger partial charge in [-0.2, -0.15) is 0 Å². The Morgan fingerprint density at radius 1 is 0.386 bits per heavy atom. The van der Waals surface area contributed by atoms with Crippen LogP contribution in [-0.2, 0) is 23.7 Å². The zero-order chi connectivity index (χ0) is 60.2. The summed E-state index contributed by atoms with van der Waals surface area (Å²) in [5, 5.41) is 87.5. The molecule has 0 aliphatic carbocycles. The van der Waals surface area contributed by atoms with E-state index >= 15 is 0 Å². The fourth-order valence-electron chi connectivity index (χ4n) is 12.4. The Morgan fingerprint density at radius 2 is 0.687 bits per heavy atom. The highest BCUT2D eigenvalue weighted by Crippen LogP contribution is 2.30. The van der Waals surface area contributed by atoms with Gasteiger partial charge in [0.2, 0.25) is 5.91 Å². The second-order valence-corrected chi connectivity index (χ2v) is 25.7. The van der Waals surface area contributed by atoms with Crippen molar-refractivity contribution >= 4 is 5.91 Å². The Bertz CT molecular complexity index is 1400. The molecule has 0 aromatic carbocycles. The number of carbonyl (C=O) groups excluding carboxylic acids is 1. The molecule has 0 radical (unpaired) electrons. The van der Waals surface area contributed by atoms with E-state index < -0.39 is 86.8 Å². The van der Waals surface area contributed by atoms with E-state index in [1.165, 1.54) is 263 Å². The van der Waals surface area contributed by atoms with Crippen molar-refractivity contribution in [2.45, 2.75) is 415 Å².